The lowest BCUT2D eigenvalue weighted by Gasteiger charge is -2.31. The largest absolute Gasteiger partial charge is 0.158 e. The van der Waals surface area contributed by atoms with Crippen molar-refractivity contribution < 1.29 is 0 Å². The molecule has 0 radical (unpaired) electrons. The van der Waals surface area contributed by atoms with Crippen molar-refractivity contribution in [1.29, 1.82) is 0 Å². The van der Waals surface area contributed by atoms with Gasteiger partial charge in [-0.3, -0.25) is 0 Å². The van der Waals surface area contributed by atoms with E-state index in [0.29, 0.717) is 0 Å². The molecular weight excluding hydrogens is 152 g/mol. The van der Waals surface area contributed by atoms with Crippen molar-refractivity contribution in [3.05, 3.63) is 0 Å². The molecule has 1 heteroatoms. The fraction of sp³-hybridized carbons (Fsp3) is 1.00. The lowest BCUT2D eigenvalue weighted by atomic mass is 9.77. The Morgan fingerprint density at radius 2 is 2.00 bits per heavy atom. The Hall–Kier alpha value is 0.350. The Morgan fingerprint density at radius 1 is 1.18 bits per heavy atom. The molecule has 1 heterocycles. The van der Waals surface area contributed by atoms with Gasteiger partial charge in [0.05, 0.1) is 0 Å². The Kier molecular flexibility index (Phi) is 2.18. The summed E-state index contributed by atoms with van der Waals surface area (Å²) >= 11 is 2.24. The first kappa shape index (κ1) is 7.97. The van der Waals surface area contributed by atoms with Crippen molar-refractivity contribution in [2.24, 2.45) is 17.8 Å². The molecule has 2 fully saturated rings. The van der Waals surface area contributed by atoms with E-state index in [1.165, 1.54) is 25.0 Å². The van der Waals surface area contributed by atoms with Gasteiger partial charge in [-0.1, -0.05) is 13.8 Å². The van der Waals surface area contributed by atoms with Gasteiger partial charge in [-0.2, -0.15) is 11.8 Å². The zero-order chi connectivity index (χ0) is 7.84. The van der Waals surface area contributed by atoms with Crippen LogP contribution >= 0.6 is 11.8 Å². The first-order valence-electron chi connectivity index (χ1n) is 4.89. The zero-order valence-corrected chi connectivity index (χ0v) is 8.36. The molecule has 1 saturated carbocycles. The Balaban J connectivity index is 2.01. The minimum absolute atomic E-state index is 1.01. The van der Waals surface area contributed by atoms with E-state index in [4.69, 9.17) is 0 Å². The Labute approximate surface area is 74.1 Å². The number of hydrogen-bond donors (Lipinski definition) is 0. The summed E-state index contributed by atoms with van der Waals surface area (Å²) in [4.78, 5) is 0. The van der Waals surface area contributed by atoms with Gasteiger partial charge in [0.15, 0.2) is 0 Å². The normalized spacial score (nSPS) is 50.7. The molecule has 2 rings (SSSR count). The molecule has 1 aliphatic heterocycles. The summed E-state index contributed by atoms with van der Waals surface area (Å²) < 4.78 is 0. The highest BCUT2D eigenvalue weighted by molar-refractivity contribution is 8.00. The van der Waals surface area contributed by atoms with E-state index in [2.05, 4.69) is 25.6 Å². The predicted octanol–water partition coefficient (Wildman–Crippen LogP) is 3.17. The molecule has 0 nitrogen and oxygen atoms in total. The molecule has 4 unspecified atom stereocenters. The van der Waals surface area contributed by atoms with Gasteiger partial charge in [0.25, 0.3) is 0 Å². The van der Waals surface area contributed by atoms with Crippen LogP contribution in [0.4, 0.5) is 0 Å². The van der Waals surface area contributed by atoms with Gasteiger partial charge in [0.2, 0.25) is 0 Å². The van der Waals surface area contributed by atoms with Crippen molar-refractivity contribution in [2.45, 2.75) is 38.4 Å². The zero-order valence-electron chi connectivity index (χ0n) is 7.55. The smallest absolute Gasteiger partial charge is 0.00784 e. The molecule has 0 aromatic heterocycles. The standard InChI is InChI=1S/C10H18S/c1-7-3-4-10-9(5-7)8(2)6-11-10/h7-10H,3-6H2,1-2H3. The van der Waals surface area contributed by atoms with Gasteiger partial charge in [-0.25, -0.2) is 0 Å². The second kappa shape index (κ2) is 3.01. The van der Waals surface area contributed by atoms with Crippen molar-refractivity contribution in [3.63, 3.8) is 0 Å². The molecule has 0 N–H and O–H groups in total. The molecular formula is C10H18S. The third-order valence-corrected chi connectivity index (χ3v) is 5.13. The molecule has 0 bridgehead atoms. The van der Waals surface area contributed by atoms with Crippen LogP contribution in [0.5, 0.6) is 0 Å². The van der Waals surface area contributed by atoms with Crippen molar-refractivity contribution in [3.8, 4) is 0 Å². The van der Waals surface area contributed by atoms with Crippen LogP contribution in [-0.2, 0) is 0 Å². The van der Waals surface area contributed by atoms with Crippen molar-refractivity contribution in [1.82, 2.24) is 0 Å². The minimum Gasteiger partial charge on any atom is -0.158 e. The fourth-order valence-electron chi connectivity index (χ4n) is 2.60. The molecule has 0 spiro atoms. The van der Waals surface area contributed by atoms with Crippen molar-refractivity contribution >= 4 is 11.8 Å². The van der Waals surface area contributed by atoms with Gasteiger partial charge >= 0.3 is 0 Å². The fourth-order valence-corrected chi connectivity index (χ4v) is 4.33. The van der Waals surface area contributed by atoms with E-state index in [9.17, 15) is 0 Å². The van der Waals surface area contributed by atoms with Crippen LogP contribution in [0, 0.1) is 17.8 Å². The van der Waals surface area contributed by atoms with Gasteiger partial charge in [0, 0.05) is 5.25 Å². The van der Waals surface area contributed by atoms with Gasteiger partial charge in [-0.05, 0) is 42.8 Å². The highest BCUT2D eigenvalue weighted by Gasteiger charge is 2.37. The van der Waals surface area contributed by atoms with E-state index in [1.54, 1.807) is 0 Å². The quantitative estimate of drug-likeness (QED) is 0.538. The maximum Gasteiger partial charge on any atom is 0.00784 e. The molecule has 0 aromatic carbocycles. The van der Waals surface area contributed by atoms with Crippen molar-refractivity contribution in [2.75, 3.05) is 5.75 Å². The molecule has 1 saturated heterocycles. The van der Waals surface area contributed by atoms with Crippen LogP contribution in [0.2, 0.25) is 0 Å². The van der Waals surface area contributed by atoms with E-state index in [-0.39, 0.29) is 0 Å². The minimum atomic E-state index is 1.01. The van der Waals surface area contributed by atoms with Gasteiger partial charge in [0.1, 0.15) is 0 Å². The monoisotopic (exact) mass is 170 g/mol. The Bertz CT molecular complexity index is 144. The summed E-state index contributed by atoms with van der Waals surface area (Å²) in [6, 6.07) is 0. The molecule has 0 amide bonds. The number of rotatable bonds is 0. The van der Waals surface area contributed by atoms with Crippen LogP contribution in [0.15, 0.2) is 0 Å². The number of fused-ring (bicyclic) bond motifs is 1. The summed E-state index contributed by atoms with van der Waals surface area (Å²) in [5.41, 5.74) is 0. The van der Waals surface area contributed by atoms with E-state index in [1.807, 2.05) is 0 Å². The number of hydrogen-bond acceptors (Lipinski definition) is 1. The second-order valence-electron chi connectivity index (χ2n) is 4.43. The Morgan fingerprint density at radius 3 is 2.82 bits per heavy atom. The first-order valence-corrected chi connectivity index (χ1v) is 5.94. The van der Waals surface area contributed by atoms with Crippen LogP contribution < -0.4 is 0 Å². The summed E-state index contributed by atoms with van der Waals surface area (Å²) in [7, 11) is 0. The molecule has 64 valence electrons. The van der Waals surface area contributed by atoms with E-state index >= 15 is 0 Å². The molecule has 11 heavy (non-hydrogen) atoms. The van der Waals surface area contributed by atoms with Gasteiger partial charge < -0.3 is 0 Å². The summed E-state index contributed by atoms with van der Waals surface area (Å²) in [5.74, 6) is 4.52. The van der Waals surface area contributed by atoms with E-state index in [0.717, 1.165) is 23.0 Å². The number of thioether (sulfide) groups is 1. The topological polar surface area (TPSA) is 0 Å². The SMILES string of the molecule is CC1CCC2SCC(C)C2C1. The van der Waals surface area contributed by atoms with E-state index < -0.39 is 0 Å². The lowest BCUT2D eigenvalue weighted by molar-refractivity contribution is 0.251. The molecule has 0 aromatic rings. The average Bonchev–Trinajstić information content (AvgIpc) is 2.33. The highest BCUT2D eigenvalue weighted by Crippen LogP contribution is 2.46. The second-order valence-corrected chi connectivity index (χ2v) is 5.70. The predicted molar refractivity (Wildman–Crippen MR) is 51.9 cm³/mol. The summed E-state index contributed by atoms with van der Waals surface area (Å²) in [6.45, 7) is 4.86. The average molecular weight is 170 g/mol. The maximum atomic E-state index is 2.44. The van der Waals surface area contributed by atoms with Crippen LogP contribution in [0.1, 0.15) is 33.1 Å². The third kappa shape index (κ3) is 1.44. The molecule has 4 atom stereocenters. The highest BCUT2D eigenvalue weighted by atomic mass is 32.2. The van der Waals surface area contributed by atoms with Gasteiger partial charge in [-0.15, -0.1) is 0 Å². The van der Waals surface area contributed by atoms with Crippen LogP contribution in [0.3, 0.4) is 0 Å². The van der Waals surface area contributed by atoms with Crippen LogP contribution in [0.25, 0.3) is 0 Å². The summed E-state index contributed by atoms with van der Waals surface area (Å²) in [5, 5.41) is 1.04. The lowest BCUT2D eigenvalue weighted by Crippen LogP contribution is -2.25. The first-order chi connectivity index (χ1) is 5.27. The third-order valence-electron chi connectivity index (χ3n) is 3.40. The molecule has 1 aliphatic carbocycles. The van der Waals surface area contributed by atoms with Crippen LogP contribution in [-0.4, -0.2) is 11.0 Å². The maximum absolute atomic E-state index is 2.44. The summed E-state index contributed by atoms with van der Waals surface area (Å²) in [6.07, 6.45) is 4.50. The molecule has 2 aliphatic rings.